The summed E-state index contributed by atoms with van der Waals surface area (Å²) in [6.45, 7) is 4.75. The van der Waals surface area contributed by atoms with Gasteiger partial charge in [-0.25, -0.2) is 4.98 Å². The van der Waals surface area contributed by atoms with E-state index in [0.29, 0.717) is 0 Å². The Balaban J connectivity index is 2.05. The van der Waals surface area contributed by atoms with E-state index in [-0.39, 0.29) is 0 Å². The summed E-state index contributed by atoms with van der Waals surface area (Å²) < 4.78 is 1.16. The molecule has 0 saturated carbocycles. The van der Waals surface area contributed by atoms with Crippen LogP contribution in [0.3, 0.4) is 0 Å². The van der Waals surface area contributed by atoms with Crippen LogP contribution in [-0.2, 0) is 13.1 Å². The van der Waals surface area contributed by atoms with Gasteiger partial charge in [0, 0.05) is 35.9 Å². The number of hydrogen-bond donors (Lipinski definition) is 1. The van der Waals surface area contributed by atoms with Crippen molar-refractivity contribution in [1.29, 1.82) is 0 Å². The van der Waals surface area contributed by atoms with Crippen molar-refractivity contribution < 1.29 is 0 Å². The van der Waals surface area contributed by atoms with Crippen LogP contribution in [0.2, 0.25) is 0 Å². The summed E-state index contributed by atoms with van der Waals surface area (Å²) in [7, 11) is 2.13. The molecule has 2 rings (SSSR count). The molecule has 0 aliphatic rings. The molecule has 0 fully saturated rings. The molecule has 106 valence electrons. The highest BCUT2D eigenvalue weighted by atomic mass is 79.9. The first-order valence-corrected chi connectivity index (χ1v) is 7.59. The fourth-order valence-corrected chi connectivity index (χ4v) is 2.57. The van der Waals surface area contributed by atoms with E-state index < -0.39 is 0 Å². The molecule has 0 radical (unpaired) electrons. The number of nitrogens with zero attached hydrogens (tertiary/aromatic N) is 2. The molecule has 0 amide bonds. The van der Waals surface area contributed by atoms with Crippen molar-refractivity contribution in [3.05, 3.63) is 58.2 Å². The fraction of sp³-hybridized carbons (Fsp3) is 0.312. The standard InChI is InChI=1S/C16H20BrN3/c1-3-18-16-14(8-6-10-19-16)12-20(2)11-13-7-4-5-9-15(13)17/h4-10H,3,11-12H2,1-2H3,(H,18,19). The second-order valence-electron chi connectivity index (χ2n) is 4.81. The number of halogens is 1. The van der Waals surface area contributed by atoms with Crippen molar-refractivity contribution in [2.75, 3.05) is 18.9 Å². The Morgan fingerprint density at radius 1 is 1.10 bits per heavy atom. The molecule has 0 aliphatic heterocycles. The van der Waals surface area contributed by atoms with Gasteiger partial charge in [0.2, 0.25) is 0 Å². The first-order chi connectivity index (χ1) is 9.70. The molecule has 1 heterocycles. The van der Waals surface area contributed by atoms with Crippen LogP contribution >= 0.6 is 15.9 Å². The zero-order chi connectivity index (χ0) is 14.4. The molecule has 4 heteroatoms. The molecule has 0 atom stereocenters. The van der Waals surface area contributed by atoms with Gasteiger partial charge < -0.3 is 5.32 Å². The molecule has 0 spiro atoms. The van der Waals surface area contributed by atoms with Crippen molar-refractivity contribution in [2.24, 2.45) is 0 Å². The SMILES string of the molecule is CCNc1ncccc1CN(C)Cc1ccccc1Br. The molecular weight excluding hydrogens is 314 g/mol. The van der Waals surface area contributed by atoms with Crippen LogP contribution in [0.5, 0.6) is 0 Å². The average Bonchev–Trinajstić information content (AvgIpc) is 2.44. The highest BCUT2D eigenvalue weighted by Crippen LogP contribution is 2.19. The third kappa shape index (κ3) is 4.05. The number of nitrogens with one attached hydrogen (secondary N) is 1. The maximum Gasteiger partial charge on any atom is 0.130 e. The quantitative estimate of drug-likeness (QED) is 0.868. The number of hydrogen-bond acceptors (Lipinski definition) is 3. The number of pyridine rings is 1. The summed E-state index contributed by atoms with van der Waals surface area (Å²) in [6.07, 6.45) is 1.83. The smallest absolute Gasteiger partial charge is 0.130 e. The number of aromatic nitrogens is 1. The lowest BCUT2D eigenvalue weighted by Gasteiger charge is -2.19. The minimum Gasteiger partial charge on any atom is -0.370 e. The van der Waals surface area contributed by atoms with E-state index in [2.05, 4.69) is 69.4 Å². The Bertz CT molecular complexity index is 557. The molecule has 1 aromatic carbocycles. The fourth-order valence-electron chi connectivity index (χ4n) is 2.16. The molecule has 1 aromatic heterocycles. The van der Waals surface area contributed by atoms with Crippen molar-refractivity contribution in [3.63, 3.8) is 0 Å². The van der Waals surface area contributed by atoms with E-state index in [0.717, 1.165) is 29.9 Å². The van der Waals surface area contributed by atoms with E-state index in [9.17, 15) is 0 Å². The normalized spacial score (nSPS) is 10.8. The van der Waals surface area contributed by atoms with Gasteiger partial charge in [0.1, 0.15) is 5.82 Å². The van der Waals surface area contributed by atoms with Crippen LogP contribution in [0, 0.1) is 0 Å². The number of benzene rings is 1. The van der Waals surface area contributed by atoms with Gasteiger partial charge in [-0.3, -0.25) is 4.90 Å². The lowest BCUT2D eigenvalue weighted by Crippen LogP contribution is -2.19. The zero-order valence-electron chi connectivity index (χ0n) is 11.9. The topological polar surface area (TPSA) is 28.2 Å². The third-order valence-electron chi connectivity index (χ3n) is 3.07. The molecule has 0 aliphatic carbocycles. The average molecular weight is 334 g/mol. The Morgan fingerprint density at radius 3 is 2.55 bits per heavy atom. The maximum atomic E-state index is 4.40. The largest absolute Gasteiger partial charge is 0.370 e. The van der Waals surface area contributed by atoms with Gasteiger partial charge in [-0.05, 0) is 31.7 Å². The van der Waals surface area contributed by atoms with Crippen LogP contribution in [0.4, 0.5) is 5.82 Å². The Hall–Kier alpha value is -1.39. The lowest BCUT2D eigenvalue weighted by atomic mass is 10.2. The molecule has 0 saturated heterocycles. The molecule has 1 N–H and O–H groups in total. The van der Waals surface area contributed by atoms with Crippen molar-refractivity contribution in [2.45, 2.75) is 20.0 Å². The summed E-state index contributed by atoms with van der Waals surface area (Å²) in [5.74, 6) is 0.981. The summed E-state index contributed by atoms with van der Waals surface area (Å²) >= 11 is 3.60. The second kappa shape index (κ2) is 7.41. The van der Waals surface area contributed by atoms with Crippen LogP contribution in [0.1, 0.15) is 18.1 Å². The minimum absolute atomic E-state index is 0.873. The number of anilines is 1. The number of rotatable bonds is 6. The van der Waals surface area contributed by atoms with Crippen LogP contribution in [0.15, 0.2) is 47.1 Å². The van der Waals surface area contributed by atoms with Gasteiger partial charge in [0.15, 0.2) is 0 Å². The zero-order valence-corrected chi connectivity index (χ0v) is 13.5. The van der Waals surface area contributed by atoms with Gasteiger partial charge >= 0.3 is 0 Å². The van der Waals surface area contributed by atoms with E-state index in [4.69, 9.17) is 0 Å². The van der Waals surface area contributed by atoms with Gasteiger partial charge in [0.05, 0.1) is 0 Å². The van der Waals surface area contributed by atoms with Crippen molar-refractivity contribution in [1.82, 2.24) is 9.88 Å². The highest BCUT2D eigenvalue weighted by Gasteiger charge is 2.08. The summed E-state index contributed by atoms with van der Waals surface area (Å²) in [6, 6.07) is 12.5. The minimum atomic E-state index is 0.873. The predicted octanol–water partition coefficient (Wildman–Crippen LogP) is 3.91. The Kier molecular flexibility index (Phi) is 5.56. The second-order valence-corrected chi connectivity index (χ2v) is 5.66. The van der Waals surface area contributed by atoms with Gasteiger partial charge in [0.25, 0.3) is 0 Å². The van der Waals surface area contributed by atoms with Crippen LogP contribution < -0.4 is 5.32 Å². The van der Waals surface area contributed by atoms with Crippen molar-refractivity contribution in [3.8, 4) is 0 Å². The summed E-state index contributed by atoms with van der Waals surface area (Å²) in [4.78, 5) is 6.69. The van der Waals surface area contributed by atoms with E-state index in [1.165, 1.54) is 11.1 Å². The molecule has 0 bridgehead atoms. The Labute approximate surface area is 129 Å². The van der Waals surface area contributed by atoms with E-state index in [1.54, 1.807) is 0 Å². The van der Waals surface area contributed by atoms with Crippen LogP contribution in [-0.4, -0.2) is 23.5 Å². The Morgan fingerprint density at radius 2 is 1.80 bits per heavy atom. The molecule has 0 unspecified atom stereocenters. The molecule has 20 heavy (non-hydrogen) atoms. The lowest BCUT2D eigenvalue weighted by molar-refractivity contribution is 0.318. The van der Waals surface area contributed by atoms with Crippen molar-refractivity contribution >= 4 is 21.7 Å². The van der Waals surface area contributed by atoms with Crippen LogP contribution in [0.25, 0.3) is 0 Å². The monoisotopic (exact) mass is 333 g/mol. The summed E-state index contributed by atoms with van der Waals surface area (Å²) in [5.41, 5.74) is 2.52. The highest BCUT2D eigenvalue weighted by molar-refractivity contribution is 9.10. The van der Waals surface area contributed by atoms with Gasteiger partial charge in [-0.1, -0.05) is 40.2 Å². The van der Waals surface area contributed by atoms with E-state index >= 15 is 0 Å². The summed E-state index contributed by atoms with van der Waals surface area (Å²) in [5, 5.41) is 3.31. The first kappa shape index (κ1) is 15.0. The van der Waals surface area contributed by atoms with E-state index in [1.807, 2.05) is 18.3 Å². The molecular formula is C16H20BrN3. The van der Waals surface area contributed by atoms with Gasteiger partial charge in [-0.2, -0.15) is 0 Å². The third-order valence-corrected chi connectivity index (χ3v) is 3.85. The predicted molar refractivity (Wildman–Crippen MR) is 87.7 cm³/mol. The first-order valence-electron chi connectivity index (χ1n) is 6.80. The van der Waals surface area contributed by atoms with Gasteiger partial charge in [-0.15, -0.1) is 0 Å². The maximum absolute atomic E-state index is 4.40. The molecule has 3 nitrogen and oxygen atoms in total. The molecule has 2 aromatic rings.